The number of hydrogen-bond donors (Lipinski definition) is 0. The molecule has 0 atom stereocenters. The summed E-state index contributed by atoms with van der Waals surface area (Å²) in [4.78, 5) is 27.9. The van der Waals surface area contributed by atoms with Gasteiger partial charge < -0.3 is 4.90 Å². The van der Waals surface area contributed by atoms with Crippen molar-refractivity contribution >= 4 is 34.8 Å². The summed E-state index contributed by atoms with van der Waals surface area (Å²) >= 11 is 3.35. The second kappa shape index (κ2) is 8.19. The molecule has 1 fully saturated rings. The van der Waals surface area contributed by atoms with Crippen molar-refractivity contribution in [3.05, 3.63) is 51.7 Å². The molecule has 0 bridgehead atoms. The number of carbonyl (C=O) groups is 2. The molecule has 0 spiro atoms. The van der Waals surface area contributed by atoms with Crippen molar-refractivity contribution in [2.45, 2.75) is 43.3 Å². The lowest BCUT2D eigenvalue weighted by molar-refractivity contribution is -0.131. The Morgan fingerprint density at radius 1 is 1.20 bits per heavy atom. The first-order valence-corrected chi connectivity index (χ1v) is 10.4. The lowest BCUT2D eigenvalue weighted by Crippen LogP contribution is -2.40. The third kappa shape index (κ3) is 4.95. The van der Waals surface area contributed by atoms with Crippen LogP contribution < -0.4 is 0 Å². The van der Waals surface area contributed by atoms with E-state index in [-0.39, 0.29) is 11.7 Å². The predicted octanol–water partition coefficient (Wildman–Crippen LogP) is 4.58. The Morgan fingerprint density at radius 2 is 1.88 bits per heavy atom. The molecule has 0 radical (unpaired) electrons. The zero-order chi connectivity index (χ0) is 17.8. The summed E-state index contributed by atoms with van der Waals surface area (Å²) in [5.74, 6) is 0.240. The Morgan fingerprint density at radius 3 is 2.48 bits per heavy atom. The lowest BCUT2D eigenvalue weighted by Gasteiger charge is -2.31. The molecule has 1 aromatic heterocycles. The molecule has 132 valence electrons. The van der Waals surface area contributed by atoms with Crippen LogP contribution in [-0.2, 0) is 11.2 Å². The molecule has 0 saturated carbocycles. The Hall–Kier alpha value is -1.59. The van der Waals surface area contributed by atoms with Crippen molar-refractivity contribution in [3.63, 3.8) is 0 Å². The number of ketones is 1. The second-order valence-electron chi connectivity index (χ2n) is 6.56. The number of piperidine rings is 1. The van der Waals surface area contributed by atoms with E-state index in [1.54, 1.807) is 6.92 Å². The quantitative estimate of drug-likeness (QED) is 0.720. The van der Waals surface area contributed by atoms with Gasteiger partial charge in [0.1, 0.15) is 0 Å². The minimum absolute atomic E-state index is 0.0673. The van der Waals surface area contributed by atoms with Crippen molar-refractivity contribution in [1.82, 2.24) is 4.90 Å². The average Bonchev–Trinajstić information content (AvgIpc) is 3.06. The van der Waals surface area contributed by atoms with Crippen LogP contribution in [0.4, 0.5) is 0 Å². The normalized spacial score (nSPS) is 15.4. The predicted molar refractivity (Wildman–Crippen MR) is 105 cm³/mol. The van der Waals surface area contributed by atoms with Gasteiger partial charge in [0.2, 0.25) is 5.91 Å². The van der Waals surface area contributed by atoms with Gasteiger partial charge >= 0.3 is 0 Å². The number of benzene rings is 1. The largest absolute Gasteiger partial charge is 0.342 e. The minimum atomic E-state index is 0.0673. The van der Waals surface area contributed by atoms with E-state index in [0.717, 1.165) is 36.4 Å². The standard InChI is InChI=1S/C20H23NO2S2/c1-14-3-5-17(6-4-14)25-18-7-9-21(10-8-18)20(23)12-16-11-19(15(2)22)24-13-16/h3-6,11,13,18H,7-10,12H2,1-2H3. The van der Waals surface area contributed by atoms with Gasteiger partial charge in [0.05, 0.1) is 11.3 Å². The van der Waals surface area contributed by atoms with Crippen LogP contribution in [0.2, 0.25) is 0 Å². The third-order valence-electron chi connectivity index (χ3n) is 4.47. The monoisotopic (exact) mass is 373 g/mol. The summed E-state index contributed by atoms with van der Waals surface area (Å²) in [6, 6.07) is 10.5. The number of rotatable bonds is 5. The van der Waals surface area contributed by atoms with Crippen molar-refractivity contribution in [2.24, 2.45) is 0 Å². The van der Waals surface area contributed by atoms with E-state index < -0.39 is 0 Å². The molecule has 1 amide bonds. The van der Waals surface area contributed by atoms with E-state index in [2.05, 4.69) is 31.2 Å². The number of nitrogens with zero attached hydrogens (tertiary/aromatic N) is 1. The summed E-state index contributed by atoms with van der Waals surface area (Å²) in [6.45, 7) is 5.32. The van der Waals surface area contributed by atoms with Gasteiger partial charge in [-0.3, -0.25) is 9.59 Å². The van der Waals surface area contributed by atoms with E-state index in [1.165, 1.54) is 21.8 Å². The van der Waals surface area contributed by atoms with Gasteiger partial charge in [0, 0.05) is 23.2 Å². The number of carbonyl (C=O) groups excluding carboxylic acids is 2. The Kier molecular flexibility index (Phi) is 5.97. The topological polar surface area (TPSA) is 37.4 Å². The SMILES string of the molecule is CC(=O)c1cc(CC(=O)N2CCC(Sc3ccc(C)cc3)CC2)cs1. The number of hydrogen-bond acceptors (Lipinski definition) is 4. The maximum Gasteiger partial charge on any atom is 0.227 e. The van der Waals surface area contributed by atoms with E-state index >= 15 is 0 Å². The van der Waals surface area contributed by atoms with Gasteiger partial charge in [-0.2, -0.15) is 0 Å². The van der Waals surface area contributed by atoms with Crippen molar-refractivity contribution in [3.8, 4) is 0 Å². The van der Waals surface area contributed by atoms with Crippen molar-refractivity contribution in [2.75, 3.05) is 13.1 Å². The first kappa shape index (κ1) is 18.2. The molecule has 0 N–H and O–H groups in total. The molecular weight excluding hydrogens is 350 g/mol. The number of likely N-dealkylation sites (tertiary alicyclic amines) is 1. The van der Waals surface area contributed by atoms with Crippen molar-refractivity contribution < 1.29 is 9.59 Å². The molecule has 1 aliphatic rings. The fraction of sp³-hybridized carbons (Fsp3) is 0.400. The van der Waals surface area contributed by atoms with Crippen LogP contribution >= 0.6 is 23.1 Å². The van der Waals surface area contributed by atoms with E-state index in [1.807, 2.05) is 28.1 Å². The molecule has 1 aliphatic heterocycles. The van der Waals surface area contributed by atoms with Crippen molar-refractivity contribution in [1.29, 1.82) is 0 Å². The van der Waals surface area contributed by atoms with Crippen LogP contribution in [-0.4, -0.2) is 34.9 Å². The maximum absolute atomic E-state index is 12.5. The molecule has 2 aromatic rings. The third-order valence-corrected chi connectivity index (χ3v) is 6.90. The Labute approximate surface area is 157 Å². The van der Waals surface area contributed by atoms with Crippen LogP contribution in [0.25, 0.3) is 0 Å². The molecule has 0 unspecified atom stereocenters. The molecular formula is C20H23NO2S2. The van der Waals surface area contributed by atoms with E-state index in [4.69, 9.17) is 0 Å². The number of thiophene rings is 1. The number of thioether (sulfide) groups is 1. The zero-order valence-corrected chi connectivity index (χ0v) is 16.3. The summed E-state index contributed by atoms with van der Waals surface area (Å²) in [7, 11) is 0. The highest BCUT2D eigenvalue weighted by Gasteiger charge is 2.23. The zero-order valence-electron chi connectivity index (χ0n) is 14.7. The number of amides is 1. The fourth-order valence-corrected chi connectivity index (χ4v) is 4.91. The molecule has 1 aromatic carbocycles. The van der Waals surface area contributed by atoms with Gasteiger partial charge in [-0.05, 0) is 55.8 Å². The first-order valence-electron chi connectivity index (χ1n) is 8.60. The van der Waals surface area contributed by atoms with Crippen LogP contribution in [0.1, 0.15) is 40.6 Å². The van der Waals surface area contributed by atoms with Gasteiger partial charge in [0.25, 0.3) is 0 Å². The Bertz CT molecular complexity index is 743. The maximum atomic E-state index is 12.5. The van der Waals surface area contributed by atoms with Crippen LogP contribution in [0.5, 0.6) is 0 Å². The molecule has 3 rings (SSSR count). The lowest BCUT2D eigenvalue weighted by atomic mass is 10.1. The summed E-state index contributed by atoms with van der Waals surface area (Å²) < 4.78 is 0. The number of Topliss-reactive ketones (excluding diaryl/α,β-unsaturated/α-hetero) is 1. The molecule has 0 aliphatic carbocycles. The highest BCUT2D eigenvalue weighted by molar-refractivity contribution is 8.00. The molecule has 5 heteroatoms. The Balaban J connectivity index is 1.48. The summed E-state index contributed by atoms with van der Waals surface area (Å²) in [5.41, 5.74) is 2.24. The highest BCUT2D eigenvalue weighted by Crippen LogP contribution is 2.30. The van der Waals surface area contributed by atoms with Crippen LogP contribution in [0.3, 0.4) is 0 Å². The molecule has 3 nitrogen and oxygen atoms in total. The molecule has 1 saturated heterocycles. The van der Waals surface area contributed by atoms with E-state index in [0.29, 0.717) is 11.7 Å². The minimum Gasteiger partial charge on any atom is -0.342 e. The van der Waals surface area contributed by atoms with Crippen LogP contribution in [0, 0.1) is 6.92 Å². The highest BCUT2D eigenvalue weighted by atomic mass is 32.2. The smallest absolute Gasteiger partial charge is 0.227 e. The van der Waals surface area contributed by atoms with E-state index in [9.17, 15) is 9.59 Å². The molecule has 25 heavy (non-hydrogen) atoms. The van der Waals surface area contributed by atoms with Crippen LogP contribution in [0.15, 0.2) is 40.6 Å². The van der Waals surface area contributed by atoms with Gasteiger partial charge in [-0.15, -0.1) is 23.1 Å². The number of aryl methyl sites for hydroxylation is 1. The van der Waals surface area contributed by atoms with Gasteiger partial charge in [-0.25, -0.2) is 0 Å². The summed E-state index contributed by atoms with van der Waals surface area (Å²) in [5, 5.41) is 2.51. The van der Waals surface area contributed by atoms with Gasteiger partial charge in [0.15, 0.2) is 5.78 Å². The summed E-state index contributed by atoms with van der Waals surface area (Å²) in [6.07, 6.45) is 2.47. The molecule has 2 heterocycles. The fourth-order valence-electron chi connectivity index (χ4n) is 2.97. The van der Waals surface area contributed by atoms with Gasteiger partial charge in [-0.1, -0.05) is 17.7 Å². The second-order valence-corrected chi connectivity index (χ2v) is 8.85. The first-order chi connectivity index (χ1) is 12.0. The average molecular weight is 374 g/mol.